The molecule has 1 aromatic heterocycles. The van der Waals surface area contributed by atoms with Crippen molar-refractivity contribution in [3.05, 3.63) is 87.7 Å². The Morgan fingerprint density at radius 3 is 2.59 bits per heavy atom. The molecular weight excluding hydrogens is 436 g/mol. The van der Waals surface area contributed by atoms with E-state index in [1.807, 2.05) is 30.3 Å². The van der Waals surface area contributed by atoms with Crippen LogP contribution in [0.2, 0.25) is 0 Å². The Hall–Kier alpha value is -4.84. The van der Waals surface area contributed by atoms with Crippen LogP contribution in [-0.4, -0.2) is 29.1 Å². The lowest BCUT2D eigenvalue weighted by molar-refractivity contribution is -0.385. The molecule has 4 rings (SSSR count). The van der Waals surface area contributed by atoms with E-state index in [1.54, 1.807) is 25.3 Å². The van der Waals surface area contributed by atoms with Crippen LogP contribution in [0.5, 0.6) is 17.2 Å². The molecule has 0 amide bonds. The molecule has 0 unspecified atom stereocenters. The SMILES string of the molecule is COc1ccc2nc(/C(C#N)=C\c3cc(OC)c(OCc4ccccc4)cc3[N+](=O)[O-])[nH]c2c1. The van der Waals surface area contributed by atoms with Crippen molar-refractivity contribution in [2.45, 2.75) is 6.61 Å². The molecule has 0 aliphatic heterocycles. The number of hydrogen-bond donors (Lipinski definition) is 1. The van der Waals surface area contributed by atoms with Gasteiger partial charge in [0.1, 0.15) is 24.3 Å². The van der Waals surface area contributed by atoms with Gasteiger partial charge >= 0.3 is 0 Å². The molecule has 0 bridgehead atoms. The maximum absolute atomic E-state index is 11.8. The predicted molar refractivity (Wildman–Crippen MR) is 127 cm³/mol. The number of nitriles is 1. The van der Waals surface area contributed by atoms with E-state index < -0.39 is 4.92 Å². The standard InChI is InChI=1S/C25H20N4O5/c1-32-19-8-9-20-21(12-19)28-25(27-20)18(14-26)10-17-11-23(33-2)24(13-22(17)29(30)31)34-15-16-6-4-3-5-7-16/h3-13H,15H2,1-2H3,(H,27,28)/b18-10-. The van der Waals surface area contributed by atoms with E-state index in [0.717, 1.165) is 5.56 Å². The fraction of sp³-hybridized carbons (Fsp3) is 0.120. The number of allylic oxidation sites excluding steroid dienone is 1. The van der Waals surface area contributed by atoms with Gasteiger partial charge in [-0.3, -0.25) is 10.1 Å². The van der Waals surface area contributed by atoms with Crippen molar-refractivity contribution >= 4 is 28.4 Å². The van der Waals surface area contributed by atoms with Crippen molar-refractivity contribution in [2.75, 3.05) is 14.2 Å². The minimum absolute atomic E-state index is 0.123. The Balaban J connectivity index is 1.73. The number of nitro groups is 1. The third-order valence-corrected chi connectivity index (χ3v) is 5.11. The quantitative estimate of drug-likeness (QED) is 0.221. The monoisotopic (exact) mass is 456 g/mol. The second-order valence-corrected chi connectivity index (χ2v) is 7.23. The first kappa shape index (κ1) is 22.4. The molecule has 0 saturated heterocycles. The molecule has 0 aliphatic rings. The van der Waals surface area contributed by atoms with E-state index in [9.17, 15) is 15.4 Å². The maximum atomic E-state index is 11.8. The van der Waals surface area contributed by atoms with Gasteiger partial charge in [0, 0.05) is 6.07 Å². The number of H-pyrrole nitrogens is 1. The number of ether oxygens (including phenoxy) is 3. The summed E-state index contributed by atoms with van der Waals surface area (Å²) in [7, 11) is 3.00. The molecule has 0 atom stereocenters. The van der Waals surface area contributed by atoms with Crippen molar-refractivity contribution in [2.24, 2.45) is 0 Å². The highest BCUT2D eigenvalue weighted by Gasteiger charge is 2.20. The van der Waals surface area contributed by atoms with Crippen molar-refractivity contribution in [1.29, 1.82) is 5.26 Å². The van der Waals surface area contributed by atoms with Crippen LogP contribution in [0.3, 0.4) is 0 Å². The zero-order chi connectivity index (χ0) is 24.1. The van der Waals surface area contributed by atoms with Gasteiger partial charge in [0.25, 0.3) is 5.69 Å². The molecule has 4 aromatic rings. The molecule has 0 aliphatic carbocycles. The summed E-state index contributed by atoms with van der Waals surface area (Å²) in [6.45, 7) is 0.218. The summed E-state index contributed by atoms with van der Waals surface area (Å²) in [5.41, 5.74) is 2.29. The van der Waals surface area contributed by atoms with Gasteiger partial charge in [-0.1, -0.05) is 30.3 Å². The van der Waals surface area contributed by atoms with E-state index in [4.69, 9.17) is 14.2 Å². The summed E-state index contributed by atoms with van der Waals surface area (Å²) < 4.78 is 16.4. The highest BCUT2D eigenvalue weighted by molar-refractivity contribution is 5.92. The number of imidazole rings is 1. The number of aromatic nitrogens is 2. The molecular formula is C25H20N4O5. The van der Waals surface area contributed by atoms with Crippen LogP contribution in [0.25, 0.3) is 22.7 Å². The largest absolute Gasteiger partial charge is 0.497 e. The number of benzene rings is 3. The van der Waals surface area contributed by atoms with Gasteiger partial charge in [0.2, 0.25) is 0 Å². The Bertz CT molecular complexity index is 1420. The van der Waals surface area contributed by atoms with Gasteiger partial charge in [0.05, 0.1) is 47.4 Å². The average Bonchev–Trinajstić information content (AvgIpc) is 3.29. The van der Waals surface area contributed by atoms with Gasteiger partial charge in [0.15, 0.2) is 11.5 Å². The summed E-state index contributed by atoms with van der Waals surface area (Å²) in [6.07, 6.45) is 1.40. The lowest BCUT2D eigenvalue weighted by atomic mass is 10.1. The molecule has 1 N–H and O–H groups in total. The van der Waals surface area contributed by atoms with E-state index >= 15 is 0 Å². The second kappa shape index (κ2) is 9.75. The third kappa shape index (κ3) is 4.66. The summed E-state index contributed by atoms with van der Waals surface area (Å²) in [4.78, 5) is 18.8. The van der Waals surface area contributed by atoms with Crippen molar-refractivity contribution in [3.8, 4) is 23.3 Å². The van der Waals surface area contributed by atoms with E-state index in [-0.39, 0.29) is 35.0 Å². The molecule has 9 heteroatoms. The third-order valence-electron chi connectivity index (χ3n) is 5.11. The van der Waals surface area contributed by atoms with Crippen LogP contribution in [0, 0.1) is 21.4 Å². The van der Waals surface area contributed by atoms with Crippen LogP contribution < -0.4 is 14.2 Å². The van der Waals surface area contributed by atoms with Gasteiger partial charge in [-0.2, -0.15) is 5.26 Å². The first-order chi connectivity index (χ1) is 16.5. The summed E-state index contributed by atoms with van der Waals surface area (Å²) in [5.74, 6) is 1.45. The number of nitrogens with one attached hydrogen (secondary N) is 1. The van der Waals surface area contributed by atoms with Crippen LogP contribution in [0.15, 0.2) is 60.7 Å². The summed E-state index contributed by atoms with van der Waals surface area (Å²) in [6, 6.07) is 19.5. The van der Waals surface area contributed by atoms with Gasteiger partial charge in [-0.15, -0.1) is 0 Å². The zero-order valence-corrected chi connectivity index (χ0v) is 18.4. The highest BCUT2D eigenvalue weighted by Crippen LogP contribution is 2.37. The lowest BCUT2D eigenvalue weighted by Crippen LogP contribution is -2.00. The number of hydrogen-bond acceptors (Lipinski definition) is 7. The normalized spacial score (nSPS) is 11.1. The number of fused-ring (bicyclic) bond motifs is 1. The average molecular weight is 456 g/mol. The van der Waals surface area contributed by atoms with Crippen LogP contribution in [-0.2, 0) is 6.61 Å². The number of methoxy groups -OCH3 is 2. The minimum Gasteiger partial charge on any atom is -0.497 e. The Labute approximate surface area is 195 Å². The number of nitrogens with zero attached hydrogens (tertiary/aromatic N) is 3. The molecule has 0 spiro atoms. The Kier molecular flexibility index (Phi) is 6.41. The van der Waals surface area contributed by atoms with Crippen molar-refractivity contribution in [1.82, 2.24) is 9.97 Å². The maximum Gasteiger partial charge on any atom is 0.280 e. The second-order valence-electron chi connectivity index (χ2n) is 7.23. The van der Waals surface area contributed by atoms with Gasteiger partial charge in [-0.25, -0.2) is 4.98 Å². The molecule has 34 heavy (non-hydrogen) atoms. The molecule has 3 aromatic carbocycles. The van der Waals surface area contributed by atoms with Crippen LogP contribution in [0.4, 0.5) is 5.69 Å². The number of nitro benzene ring substituents is 1. The minimum atomic E-state index is -0.529. The molecule has 0 fully saturated rings. The molecule has 9 nitrogen and oxygen atoms in total. The van der Waals surface area contributed by atoms with E-state index in [2.05, 4.69) is 16.0 Å². The summed E-state index contributed by atoms with van der Waals surface area (Å²) >= 11 is 0. The zero-order valence-electron chi connectivity index (χ0n) is 18.4. The molecule has 170 valence electrons. The van der Waals surface area contributed by atoms with Crippen LogP contribution >= 0.6 is 0 Å². The highest BCUT2D eigenvalue weighted by atomic mass is 16.6. The predicted octanol–water partition coefficient (Wildman–Crippen LogP) is 5.13. The van der Waals surface area contributed by atoms with E-state index in [0.29, 0.717) is 22.5 Å². The number of rotatable bonds is 8. The summed E-state index contributed by atoms with van der Waals surface area (Å²) in [5, 5.41) is 21.6. The first-order valence-electron chi connectivity index (χ1n) is 10.2. The fourth-order valence-corrected chi connectivity index (χ4v) is 3.40. The molecule has 1 heterocycles. The van der Waals surface area contributed by atoms with Gasteiger partial charge in [-0.05, 0) is 29.8 Å². The molecule has 0 saturated carbocycles. The fourth-order valence-electron chi connectivity index (χ4n) is 3.40. The van der Waals surface area contributed by atoms with Crippen LogP contribution in [0.1, 0.15) is 17.0 Å². The topological polar surface area (TPSA) is 123 Å². The van der Waals surface area contributed by atoms with Crippen molar-refractivity contribution in [3.63, 3.8) is 0 Å². The Morgan fingerprint density at radius 2 is 1.91 bits per heavy atom. The first-order valence-corrected chi connectivity index (χ1v) is 10.2. The lowest BCUT2D eigenvalue weighted by Gasteiger charge is -2.12. The smallest absolute Gasteiger partial charge is 0.280 e. The number of aromatic amines is 1. The molecule has 0 radical (unpaired) electrons. The van der Waals surface area contributed by atoms with E-state index in [1.165, 1.54) is 25.3 Å². The van der Waals surface area contributed by atoms with Crippen molar-refractivity contribution < 1.29 is 19.1 Å². The van der Waals surface area contributed by atoms with Gasteiger partial charge < -0.3 is 19.2 Å². The Morgan fingerprint density at radius 1 is 1.12 bits per heavy atom.